The molecule has 1 atom stereocenters. The van der Waals surface area contributed by atoms with Crippen LogP contribution in [0.3, 0.4) is 0 Å². The summed E-state index contributed by atoms with van der Waals surface area (Å²) in [7, 11) is 0. The number of hydrogen-bond donors (Lipinski definition) is 2. The van der Waals surface area contributed by atoms with Gasteiger partial charge in [0.2, 0.25) is 5.91 Å². The van der Waals surface area contributed by atoms with Crippen molar-refractivity contribution in [3.8, 4) is 5.75 Å². The van der Waals surface area contributed by atoms with Gasteiger partial charge in [0.1, 0.15) is 12.4 Å². The third-order valence-electron chi connectivity index (χ3n) is 3.80. The molecule has 1 aromatic rings. The lowest BCUT2D eigenvalue weighted by Crippen LogP contribution is -2.43. The fraction of sp³-hybridized carbons (Fsp3) is 0.533. The molecular weight excluding hydrogens is 256 g/mol. The van der Waals surface area contributed by atoms with Crippen LogP contribution in [0.15, 0.2) is 24.3 Å². The van der Waals surface area contributed by atoms with Crippen LogP contribution in [0.2, 0.25) is 0 Å². The highest BCUT2D eigenvalue weighted by Crippen LogP contribution is 2.31. The molecule has 0 spiro atoms. The van der Waals surface area contributed by atoms with Crippen molar-refractivity contribution in [3.05, 3.63) is 29.8 Å². The first-order valence-electron chi connectivity index (χ1n) is 7.15. The average Bonchev–Trinajstić information content (AvgIpc) is 2.89. The zero-order valence-corrected chi connectivity index (χ0v) is 11.4. The summed E-state index contributed by atoms with van der Waals surface area (Å²) in [6.45, 7) is 2.38. The summed E-state index contributed by atoms with van der Waals surface area (Å²) in [6.07, 6.45) is 1.81. The van der Waals surface area contributed by atoms with Crippen molar-refractivity contribution in [1.29, 1.82) is 0 Å². The van der Waals surface area contributed by atoms with Crippen molar-refractivity contribution in [2.24, 2.45) is 0 Å². The molecule has 0 aromatic heterocycles. The van der Waals surface area contributed by atoms with Gasteiger partial charge >= 0.3 is 0 Å². The Morgan fingerprint density at radius 3 is 2.90 bits per heavy atom. The molecule has 1 aromatic carbocycles. The molecule has 3 rings (SSSR count). The predicted octanol–water partition coefficient (Wildman–Crippen LogP) is 1.00. The second-order valence-electron chi connectivity index (χ2n) is 5.24. The molecule has 0 radical (unpaired) electrons. The van der Waals surface area contributed by atoms with E-state index in [2.05, 4.69) is 10.6 Å². The van der Waals surface area contributed by atoms with E-state index in [0.29, 0.717) is 13.2 Å². The lowest BCUT2D eigenvalue weighted by Gasteiger charge is -2.23. The molecule has 1 amide bonds. The number of nitrogens with one attached hydrogen (secondary N) is 2. The van der Waals surface area contributed by atoms with E-state index in [0.717, 1.165) is 37.4 Å². The number of carbonyl (C=O) groups is 1. The van der Waals surface area contributed by atoms with Crippen LogP contribution in [0.25, 0.3) is 0 Å². The van der Waals surface area contributed by atoms with Crippen LogP contribution < -0.4 is 15.4 Å². The fourth-order valence-electron chi connectivity index (χ4n) is 2.67. The molecule has 2 aliphatic rings. The summed E-state index contributed by atoms with van der Waals surface area (Å²) >= 11 is 0. The highest BCUT2D eigenvalue weighted by Gasteiger charge is 2.24. The molecule has 2 heterocycles. The number of carbonyl (C=O) groups excluding carboxylic acids is 1. The summed E-state index contributed by atoms with van der Waals surface area (Å²) in [5.74, 6) is 0.955. The molecular formula is C15H20N2O3. The molecule has 20 heavy (non-hydrogen) atoms. The minimum Gasteiger partial charge on any atom is -0.491 e. The summed E-state index contributed by atoms with van der Waals surface area (Å²) < 4.78 is 10.9. The maximum absolute atomic E-state index is 11.9. The lowest BCUT2D eigenvalue weighted by molar-refractivity contribution is -0.121. The first-order chi connectivity index (χ1) is 9.83. The molecule has 1 unspecified atom stereocenters. The van der Waals surface area contributed by atoms with Crippen molar-refractivity contribution in [2.45, 2.75) is 24.9 Å². The van der Waals surface area contributed by atoms with Crippen molar-refractivity contribution < 1.29 is 14.3 Å². The number of fused-ring (bicyclic) bond motifs is 1. The Kier molecular flexibility index (Phi) is 4.18. The standard InChI is InChI=1S/C15H20N2O3/c18-15(17-11-5-7-19-8-6-11)9-16-13-10-20-14-4-2-1-3-12(13)14/h1-4,11,13,16H,5-10H2,(H,17,18). The summed E-state index contributed by atoms with van der Waals surface area (Å²) in [5, 5.41) is 6.30. The maximum Gasteiger partial charge on any atom is 0.234 e. The van der Waals surface area contributed by atoms with Gasteiger partial charge in [-0.25, -0.2) is 0 Å². The highest BCUT2D eigenvalue weighted by atomic mass is 16.5. The minimum atomic E-state index is 0.0429. The Bertz CT molecular complexity index is 472. The van der Waals surface area contributed by atoms with Crippen LogP contribution in [0.5, 0.6) is 5.75 Å². The SMILES string of the molecule is O=C(CNC1COc2ccccc21)NC1CCOCC1. The van der Waals surface area contributed by atoms with E-state index in [1.165, 1.54) is 0 Å². The number of para-hydroxylation sites is 1. The van der Waals surface area contributed by atoms with Crippen LogP contribution in [0.1, 0.15) is 24.4 Å². The molecule has 0 saturated carbocycles. The first kappa shape index (κ1) is 13.4. The second-order valence-corrected chi connectivity index (χ2v) is 5.24. The smallest absolute Gasteiger partial charge is 0.234 e. The first-order valence-corrected chi connectivity index (χ1v) is 7.15. The zero-order valence-electron chi connectivity index (χ0n) is 11.4. The molecule has 1 fully saturated rings. The largest absolute Gasteiger partial charge is 0.491 e. The van der Waals surface area contributed by atoms with E-state index >= 15 is 0 Å². The van der Waals surface area contributed by atoms with E-state index in [4.69, 9.17) is 9.47 Å². The van der Waals surface area contributed by atoms with Crippen molar-refractivity contribution in [2.75, 3.05) is 26.4 Å². The number of benzene rings is 1. The van der Waals surface area contributed by atoms with Gasteiger partial charge < -0.3 is 14.8 Å². The van der Waals surface area contributed by atoms with E-state index in [-0.39, 0.29) is 18.0 Å². The Hall–Kier alpha value is -1.59. The van der Waals surface area contributed by atoms with Crippen LogP contribution in [0.4, 0.5) is 0 Å². The lowest BCUT2D eigenvalue weighted by atomic mass is 10.1. The Morgan fingerprint density at radius 2 is 2.05 bits per heavy atom. The normalized spacial score (nSPS) is 22.1. The van der Waals surface area contributed by atoms with Crippen LogP contribution in [0, 0.1) is 0 Å². The van der Waals surface area contributed by atoms with Gasteiger partial charge in [-0.15, -0.1) is 0 Å². The van der Waals surface area contributed by atoms with Crippen LogP contribution in [-0.4, -0.2) is 38.3 Å². The number of amides is 1. The predicted molar refractivity (Wildman–Crippen MR) is 74.7 cm³/mol. The molecule has 2 aliphatic heterocycles. The summed E-state index contributed by atoms with van der Waals surface area (Å²) in [5.41, 5.74) is 1.13. The molecule has 0 aliphatic carbocycles. The molecule has 0 bridgehead atoms. The van der Waals surface area contributed by atoms with Gasteiger partial charge in [0.15, 0.2) is 0 Å². The zero-order chi connectivity index (χ0) is 13.8. The van der Waals surface area contributed by atoms with Crippen molar-refractivity contribution >= 4 is 5.91 Å². The molecule has 2 N–H and O–H groups in total. The average molecular weight is 276 g/mol. The van der Waals surface area contributed by atoms with Gasteiger partial charge in [-0.1, -0.05) is 18.2 Å². The van der Waals surface area contributed by atoms with E-state index < -0.39 is 0 Å². The van der Waals surface area contributed by atoms with Crippen molar-refractivity contribution in [3.63, 3.8) is 0 Å². The van der Waals surface area contributed by atoms with Gasteiger partial charge in [-0.3, -0.25) is 10.1 Å². The van der Waals surface area contributed by atoms with Crippen molar-refractivity contribution in [1.82, 2.24) is 10.6 Å². The molecule has 5 heteroatoms. The maximum atomic E-state index is 11.9. The third kappa shape index (κ3) is 3.11. The number of rotatable bonds is 4. The fourth-order valence-corrected chi connectivity index (χ4v) is 2.67. The monoisotopic (exact) mass is 276 g/mol. The summed E-state index contributed by atoms with van der Waals surface area (Å²) in [4.78, 5) is 11.9. The topological polar surface area (TPSA) is 59.6 Å². The quantitative estimate of drug-likeness (QED) is 0.861. The molecule has 5 nitrogen and oxygen atoms in total. The van der Waals surface area contributed by atoms with Gasteiger partial charge in [-0.05, 0) is 18.9 Å². The summed E-state index contributed by atoms with van der Waals surface area (Å²) in [6, 6.07) is 8.30. The Labute approximate surface area is 118 Å². The van der Waals surface area contributed by atoms with Gasteiger partial charge in [-0.2, -0.15) is 0 Å². The Morgan fingerprint density at radius 1 is 1.25 bits per heavy atom. The third-order valence-corrected chi connectivity index (χ3v) is 3.80. The van der Waals surface area contributed by atoms with Crippen LogP contribution in [-0.2, 0) is 9.53 Å². The highest BCUT2D eigenvalue weighted by molar-refractivity contribution is 5.78. The second kappa shape index (κ2) is 6.24. The van der Waals surface area contributed by atoms with Gasteiger partial charge in [0, 0.05) is 24.8 Å². The molecule has 108 valence electrons. The van der Waals surface area contributed by atoms with Crippen LogP contribution >= 0.6 is 0 Å². The van der Waals surface area contributed by atoms with E-state index in [9.17, 15) is 4.79 Å². The van der Waals surface area contributed by atoms with E-state index in [1.807, 2.05) is 24.3 Å². The van der Waals surface area contributed by atoms with Gasteiger partial charge in [0.05, 0.1) is 12.6 Å². The van der Waals surface area contributed by atoms with Gasteiger partial charge in [0.25, 0.3) is 0 Å². The van der Waals surface area contributed by atoms with E-state index in [1.54, 1.807) is 0 Å². The number of hydrogen-bond acceptors (Lipinski definition) is 4. The minimum absolute atomic E-state index is 0.0429. The number of ether oxygens (including phenoxy) is 2. The molecule has 1 saturated heterocycles. The Balaban J connectivity index is 1.46.